The summed E-state index contributed by atoms with van der Waals surface area (Å²) in [6, 6.07) is 26.9. The van der Waals surface area contributed by atoms with Gasteiger partial charge in [-0.2, -0.15) is 0 Å². The van der Waals surface area contributed by atoms with Crippen LogP contribution in [-0.2, 0) is 18.6 Å². The van der Waals surface area contributed by atoms with Crippen molar-refractivity contribution in [2.75, 3.05) is 39.8 Å². The molecule has 0 aromatic heterocycles. The van der Waals surface area contributed by atoms with Gasteiger partial charge in [0.1, 0.15) is 14.3 Å². The molecule has 0 heterocycles. The predicted molar refractivity (Wildman–Crippen MR) is 136 cm³/mol. The van der Waals surface area contributed by atoms with E-state index in [0.717, 1.165) is 21.2 Å². The third-order valence-corrected chi connectivity index (χ3v) is 12.0. The van der Waals surface area contributed by atoms with Crippen LogP contribution in [0.4, 0.5) is 0 Å². The number of hydrogen-bond donors (Lipinski definition) is 0. The third-order valence-electron chi connectivity index (χ3n) is 5.65. The number of benzene rings is 3. The summed E-state index contributed by atoms with van der Waals surface area (Å²) in [6.45, 7) is 1.10. The fraction of sp³-hybridized carbons (Fsp3) is 0.308. The molecular formula is C26H32O4P2. The van der Waals surface area contributed by atoms with Gasteiger partial charge in [-0.15, -0.1) is 0 Å². The van der Waals surface area contributed by atoms with Crippen LogP contribution in [0.1, 0.15) is 12.8 Å². The molecule has 0 radical (unpaired) electrons. The summed E-state index contributed by atoms with van der Waals surface area (Å²) >= 11 is 0. The van der Waals surface area contributed by atoms with Crippen molar-refractivity contribution in [3.63, 3.8) is 0 Å². The predicted octanol–water partition coefficient (Wildman–Crippen LogP) is 4.39. The summed E-state index contributed by atoms with van der Waals surface area (Å²) < 4.78 is 39.2. The molecule has 0 spiro atoms. The molecule has 0 amide bonds. The Bertz CT molecular complexity index is 985. The van der Waals surface area contributed by atoms with Gasteiger partial charge in [-0.3, -0.25) is 0 Å². The van der Waals surface area contributed by atoms with E-state index in [1.54, 1.807) is 14.2 Å². The van der Waals surface area contributed by atoms with Gasteiger partial charge in [-0.05, 0) is 18.9 Å². The molecule has 0 bridgehead atoms. The van der Waals surface area contributed by atoms with Crippen molar-refractivity contribution < 1.29 is 18.6 Å². The summed E-state index contributed by atoms with van der Waals surface area (Å²) in [5.74, 6) is 0. The van der Waals surface area contributed by atoms with Crippen LogP contribution in [0.25, 0.3) is 0 Å². The maximum absolute atomic E-state index is 14.4. The minimum absolute atomic E-state index is 0.508. The van der Waals surface area contributed by atoms with Crippen molar-refractivity contribution in [3.05, 3.63) is 84.9 Å². The van der Waals surface area contributed by atoms with Gasteiger partial charge >= 0.3 is 0 Å². The zero-order chi connectivity index (χ0) is 22.9. The fourth-order valence-electron chi connectivity index (χ4n) is 3.96. The first kappa shape index (κ1) is 24.7. The van der Waals surface area contributed by atoms with Gasteiger partial charge in [0.05, 0.1) is 0 Å². The number of rotatable bonds is 12. The van der Waals surface area contributed by atoms with Gasteiger partial charge in [0.25, 0.3) is 0 Å². The Kier molecular flexibility index (Phi) is 9.08. The van der Waals surface area contributed by atoms with E-state index >= 15 is 0 Å². The van der Waals surface area contributed by atoms with Crippen LogP contribution in [0.15, 0.2) is 84.9 Å². The van der Waals surface area contributed by atoms with Crippen molar-refractivity contribution in [2.45, 2.75) is 12.8 Å². The lowest BCUT2D eigenvalue weighted by molar-refractivity contribution is 0.199. The average Bonchev–Trinajstić information content (AvgIpc) is 2.85. The molecule has 0 aliphatic carbocycles. The second-order valence-corrected chi connectivity index (χ2v) is 13.7. The Morgan fingerprint density at radius 3 is 1.31 bits per heavy atom. The number of ether oxygens (including phenoxy) is 2. The Labute approximate surface area is 191 Å². The van der Waals surface area contributed by atoms with E-state index in [1.807, 2.05) is 84.9 Å². The Hall–Kier alpha value is -1.96. The molecule has 170 valence electrons. The fourth-order valence-corrected chi connectivity index (χ4v) is 9.49. The highest BCUT2D eigenvalue weighted by Crippen LogP contribution is 2.47. The lowest BCUT2D eigenvalue weighted by Crippen LogP contribution is -2.25. The van der Waals surface area contributed by atoms with Crippen LogP contribution >= 0.6 is 14.3 Å². The standard InChI is InChI=1S/C26H32O4P2/c1-29-18-10-20-31(27,23-12-5-3-6-13-23)25-16-9-17-26(22-25)32(28,21-11-19-30-2)24-14-7-4-8-15-24/h3-9,12-17,22H,10-11,18-21H2,1-2H3. The van der Waals surface area contributed by atoms with E-state index in [1.165, 1.54) is 0 Å². The molecule has 0 saturated carbocycles. The molecule has 0 N–H and O–H groups in total. The molecule has 2 atom stereocenters. The number of hydrogen-bond acceptors (Lipinski definition) is 4. The zero-order valence-corrected chi connectivity index (χ0v) is 20.6. The maximum Gasteiger partial charge on any atom is 0.143 e. The molecule has 2 unspecified atom stereocenters. The van der Waals surface area contributed by atoms with Crippen LogP contribution in [-0.4, -0.2) is 39.8 Å². The molecule has 32 heavy (non-hydrogen) atoms. The van der Waals surface area contributed by atoms with E-state index in [4.69, 9.17) is 9.47 Å². The Balaban J connectivity index is 2.08. The van der Waals surface area contributed by atoms with Gasteiger partial charge < -0.3 is 18.6 Å². The highest BCUT2D eigenvalue weighted by molar-refractivity contribution is 7.80. The lowest BCUT2D eigenvalue weighted by atomic mass is 10.4. The van der Waals surface area contributed by atoms with Crippen molar-refractivity contribution in [3.8, 4) is 0 Å². The molecule has 0 saturated heterocycles. The van der Waals surface area contributed by atoms with Crippen LogP contribution < -0.4 is 21.2 Å². The third kappa shape index (κ3) is 5.69. The highest BCUT2D eigenvalue weighted by atomic mass is 31.2. The van der Waals surface area contributed by atoms with Crippen molar-refractivity contribution in [2.24, 2.45) is 0 Å². The molecule has 3 aromatic carbocycles. The topological polar surface area (TPSA) is 52.6 Å². The largest absolute Gasteiger partial charge is 0.385 e. The smallest absolute Gasteiger partial charge is 0.143 e. The summed E-state index contributed by atoms with van der Waals surface area (Å²) in [5.41, 5.74) is 0. The first-order valence-corrected chi connectivity index (χ1v) is 14.7. The van der Waals surface area contributed by atoms with Crippen molar-refractivity contribution >= 4 is 35.5 Å². The van der Waals surface area contributed by atoms with Gasteiger partial charge in [-0.25, -0.2) is 0 Å². The van der Waals surface area contributed by atoms with Crippen LogP contribution in [0.3, 0.4) is 0 Å². The van der Waals surface area contributed by atoms with E-state index in [2.05, 4.69) is 0 Å². The monoisotopic (exact) mass is 470 g/mol. The van der Waals surface area contributed by atoms with E-state index in [0.29, 0.717) is 38.4 Å². The highest BCUT2D eigenvalue weighted by Gasteiger charge is 2.31. The molecule has 0 aliphatic heterocycles. The second-order valence-electron chi connectivity index (χ2n) is 7.81. The zero-order valence-electron chi connectivity index (χ0n) is 18.9. The molecule has 6 heteroatoms. The summed E-state index contributed by atoms with van der Waals surface area (Å²) in [5, 5.41) is 3.14. The minimum Gasteiger partial charge on any atom is -0.385 e. The van der Waals surface area contributed by atoms with Crippen LogP contribution in [0.5, 0.6) is 0 Å². The summed E-state index contributed by atoms with van der Waals surface area (Å²) in [6.07, 6.45) is 2.40. The molecule has 3 rings (SSSR count). The van der Waals surface area contributed by atoms with Crippen molar-refractivity contribution in [1.29, 1.82) is 0 Å². The molecule has 0 fully saturated rings. The Morgan fingerprint density at radius 2 is 0.938 bits per heavy atom. The van der Waals surface area contributed by atoms with Gasteiger partial charge in [0, 0.05) is 61.0 Å². The lowest BCUT2D eigenvalue weighted by Gasteiger charge is -2.23. The molecule has 3 aromatic rings. The number of methoxy groups -OCH3 is 2. The van der Waals surface area contributed by atoms with Gasteiger partial charge in [0.2, 0.25) is 0 Å². The van der Waals surface area contributed by atoms with Crippen molar-refractivity contribution in [1.82, 2.24) is 0 Å². The van der Waals surface area contributed by atoms with Gasteiger partial charge in [-0.1, -0.05) is 78.9 Å². The van der Waals surface area contributed by atoms with Crippen LogP contribution in [0, 0.1) is 0 Å². The SMILES string of the molecule is COCCCP(=O)(c1ccccc1)c1cccc(P(=O)(CCCOC)c2ccccc2)c1. The van der Waals surface area contributed by atoms with E-state index < -0.39 is 14.3 Å². The second kappa shape index (κ2) is 11.8. The maximum atomic E-state index is 14.4. The summed E-state index contributed by atoms with van der Waals surface area (Å²) in [4.78, 5) is 0. The van der Waals surface area contributed by atoms with Crippen LogP contribution in [0.2, 0.25) is 0 Å². The Morgan fingerprint density at radius 1 is 0.562 bits per heavy atom. The van der Waals surface area contributed by atoms with E-state index in [-0.39, 0.29) is 0 Å². The van der Waals surface area contributed by atoms with E-state index in [9.17, 15) is 9.13 Å². The average molecular weight is 470 g/mol. The molecular weight excluding hydrogens is 438 g/mol. The minimum atomic E-state index is -2.90. The first-order chi connectivity index (χ1) is 15.5. The van der Waals surface area contributed by atoms with Gasteiger partial charge in [0.15, 0.2) is 0 Å². The summed E-state index contributed by atoms with van der Waals surface area (Å²) in [7, 11) is -2.48. The normalized spacial score (nSPS) is 15.1. The molecule has 0 aliphatic rings. The molecule has 4 nitrogen and oxygen atoms in total. The first-order valence-electron chi connectivity index (χ1n) is 10.9. The quantitative estimate of drug-likeness (QED) is 0.291.